The van der Waals surface area contributed by atoms with Gasteiger partial charge in [0.2, 0.25) is 0 Å². The number of hydrogen-bond donors (Lipinski definition) is 3. The third kappa shape index (κ3) is 5.81. The number of rotatable bonds is 5. The number of thiocarbonyl (C=S) groups is 1. The van der Waals surface area contributed by atoms with Gasteiger partial charge in [-0.25, -0.2) is 4.79 Å². The van der Waals surface area contributed by atoms with Crippen molar-refractivity contribution in [2.24, 2.45) is 0 Å². The maximum Gasteiger partial charge on any atom is 0.573 e. The summed E-state index contributed by atoms with van der Waals surface area (Å²) < 4.78 is 39.9. The van der Waals surface area contributed by atoms with Crippen molar-refractivity contribution in [3.8, 4) is 5.75 Å². The lowest BCUT2D eigenvalue weighted by atomic mass is 10.3. The Morgan fingerprint density at radius 3 is 2.61 bits per heavy atom. The lowest BCUT2D eigenvalue weighted by Gasteiger charge is -2.16. The molecule has 126 valence electrons. The summed E-state index contributed by atoms with van der Waals surface area (Å²) in [4.78, 5) is 13.0. The number of urea groups is 1. The Morgan fingerprint density at radius 2 is 2.04 bits per heavy atom. The Balaban J connectivity index is 1.73. The molecule has 0 atom stereocenters. The first kappa shape index (κ1) is 17.1. The molecule has 0 aromatic heterocycles. The molecule has 10 heteroatoms. The molecule has 1 aromatic carbocycles. The van der Waals surface area contributed by atoms with E-state index in [4.69, 9.17) is 12.2 Å². The van der Waals surface area contributed by atoms with Crippen LogP contribution in [0.5, 0.6) is 5.75 Å². The summed E-state index contributed by atoms with van der Waals surface area (Å²) in [5, 5.41) is 8.75. The number of halogens is 3. The molecule has 0 unspecified atom stereocenters. The molecule has 1 heterocycles. The van der Waals surface area contributed by atoms with Gasteiger partial charge in [0.25, 0.3) is 0 Å². The second-order valence-electron chi connectivity index (χ2n) is 4.67. The summed E-state index contributed by atoms with van der Waals surface area (Å²) in [5.74, 6) is -0.304. The Morgan fingerprint density at radius 1 is 1.35 bits per heavy atom. The maximum absolute atomic E-state index is 12.0. The minimum absolute atomic E-state index is 0.106. The van der Waals surface area contributed by atoms with E-state index in [1.165, 1.54) is 24.3 Å². The van der Waals surface area contributed by atoms with Crippen LogP contribution in [-0.2, 0) is 0 Å². The molecule has 3 N–H and O–H groups in total. The molecule has 2 rings (SSSR count). The molecule has 1 fully saturated rings. The van der Waals surface area contributed by atoms with Crippen LogP contribution < -0.4 is 20.7 Å². The first-order valence-corrected chi connectivity index (χ1v) is 7.18. The molecule has 1 saturated heterocycles. The number of carbonyl (C=O) groups excluding carboxylic acids is 1. The van der Waals surface area contributed by atoms with Crippen molar-refractivity contribution in [2.45, 2.75) is 6.36 Å². The molecular formula is C13H15F3N4O2S. The zero-order chi connectivity index (χ0) is 16.9. The van der Waals surface area contributed by atoms with Crippen LogP contribution in [0.1, 0.15) is 0 Å². The minimum Gasteiger partial charge on any atom is -0.406 e. The fourth-order valence-electron chi connectivity index (χ4n) is 1.94. The van der Waals surface area contributed by atoms with Crippen LogP contribution in [0.2, 0.25) is 0 Å². The van der Waals surface area contributed by atoms with Gasteiger partial charge in [0.15, 0.2) is 5.11 Å². The van der Waals surface area contributed by atoms with Crippen LogP contribution in [0, 0.1) is 0 Å². The van der Waals surface area contributed by atoms with Crippen molar-refractivity contribution < 1.29 is 22.7 Å². The Kier molecular flexibility index (Phi) is 5.48. The van der Waals surface area contributed by atoms with E-state index in [1.807, 2.05) is 0 Å². The molecule has 0 bridgehead atoms. The molecule has 1 aliphatic rings. The van der Waals surface area contributed by atoms with Gasteiger partial charge in [-0.3, -0.25) is 0 Å². The number of alkyl halides is 3. The summed E-state index contributed by atoms with van der Waals surface area (Å²) in [6, 6.07) is 5.11. The van der Waals surface area contributed by atoms with Crippen LogP contribution in [-0.4, -0.2) is 48.6 Å². The third-order valence-corrected chi connectivity index (χ3v) is 3.20. The summed E-state index contributed by atoms with van der Waals surface area (Å²) in [7, 11) is 0. The number of carbonyl (C=O) groups is 1. The normalized spacial score (nSPS) is 14.4. The van der Waals surface area contributed by atoms with E-state index >= 15 is 0 Å². The molecule has 1 aromatic rings. The molecule has 0 saturated carbocycles. The van der Waals surface area contributed by atoms with Crippen molar-refractivity contribution in [1.29, 1.82) is 0 Å². The van der Waals surface area contributed by atoms with E-state index < -0.39 is 6.36 Å². The lowest BCUT2D eigenvalue weighted by Crippen LogP contribution is -2.38. The summed E-state index contributed by atoms with van der Waals surface area (Å²) in [5.41, 5.74) is 0.524. The third-order valence-electron chi connectivity index (χ3n) is 2.96. The van der Waals surface area contributed by atoms with E-state index in [1.54, 1.807) is 4.90 Å². The number of nitrogens with zero attached hydrogens (tertiary/aromatic N) is 1. The second kappa shape index (κ2) is 7.36. The van der Waals surface area contributed by atoms with Crippen LogP contribution >= 0.6 is 12.2 Å². The molecule has 0 spiro atoms. The molecule has 1 aliphatic heterocycles. The average molecular weight is 348 g/mol. The number of nitrogens with one attached hydrogen (secondary N) is 3. The smallest absolute Gasteiger partial charge is 0.406 e. The molecule has 2 amide bonds. The van der Waals surface area contributed by atoms with Crippen LogP contribution in [0.4, 0.5) is 23.7 Å². The van der Waals surface area contributed by atoms with E-state index in [0.29, 0.717) is 37.0 Å². The molecule has 23 heavy (non-hydrogen) atoms. The van der Waals surface area contributed by atoms with Gasteiger partial charge in [-0.05, 0) is 36.5 Å². The quantitative estimate of drug-likeness (QED) is 0.710. The first-order chi connectivity index (χ1) is 10.8. The predicted octanol–water partition coefficient (Wildman–Crippen LogP) is 1.90. The van der Waals surface area contributed by atoms with E-state index in [2.05, 4.69) is 20.7 Å². The van der Waals surface area contributed by atoms with Crippen molar-refractivity contribution >= 4 is 29.0 Å². The lowest BCUT2D eigenvalue weighted by molar-refractivity contribution is -0.274. The van der Waals surface area contributed by atoms with E-state index in [9.17, 15) is 18.0 Å². The summed E-state index contributed by atoms with van der Waals surface area (Å²) >= 11 is 5.07. The zero-order valence-electron chi connectivity index (χ0n) is 11.9. The van der Waals surface area contributed by atoms with E-state index in [0.717, 1.165) is 0 Å². The maximum atomic E-state index is 12.0. The molecule has 6 nitrogen and oxygen atoms in total. The zero-order valence-corrected chi connectivity index (χ0v) is 12.8. The highest BCUT2D eigenvalue weighted by Crippen LogP contribution is 2.23. The largest absolute Gasteiger partial charge is 0.573 e. The van der Waals surface area contributed by atoms with Gasteiger partial charge >= 0.3 is 12.4 Å². The number of anilines is 1. The average Bonchev–Trinajstić information content (AvgIpc) is 2.85. The number of amides is 2. The van der Waals surface area contributed by atoms with Crippen molar-refractivity contribution in [1.82, 2.24) is 15.5 Å². The second-order valence-corrected chi connectivity index (χ2v) is 5.08. The van der Waals surface area contributed by atoms with Crippen molar-refractivity contribution in [3.63, 3.8) is 0 Å². The number of ether oxygens (including phenoxy) is 1. The van der Waals surface area contributed by atoms with Gasteiger partial charge in [0.1, 0.15) is 5.75 Å². The Hall–Kier alpha value is -2.23. The van der Waals surface area contributed by atoms with Gasteiger partial charge in [0.05, 0.1) is 0 Å². The van der Waals surface area contributed by atoms with Crippen molar-refractivity contribution in [3.05, 3.63) is 24.3 Å². The number of hydrogen-bond acceptors (Lipinski definition) is 3. The topological polar surface area (TPSA) is 65.6 Å². The van der Waals surface area contributed by atoms with Gasteiger partial charge < -0.3 is 25.6 Å². The SMILES string of the molecule is O=C1NCCN1CCNC(=S)Nc1ccc(OC(F)(F)F)cc1. The Labute approximate surface area is 136 Å². The van der Waals surface area contributed by atoms with Crippen LogP contribution in [0.3, 0.4) is 0 Å². The van der Waals surface area contributed by atoms with Gasteiger partial charge in [-0.2, -0.15) is 0 Å². The fourth-order valence-corrected chi connectivity index (χ4v) is 2.16. The van der Waals surface area contributed by atoms with Gasteiger partial charge in [0, 0.05) is 31.9 Å². The van der Waals surface area contributed by atoms with Crippen LogP contribution in [0.15, 0.2) is 24.3 Å². The standard InChI is InChI=1S/C13H15F3N4O2S/c14-13(15,16)22-10-3-1-9(2-4-10)19-11(23)17-5-7-20-8-6-18-12(20)21/h1-4H,5-8H2,(H,18,21)(H2,17,19,23). The van der Waals surface area contributed by atoms with Gasteiger partial charge in [-0.15, -0.1) is 13.2 Å². The highest BCUT2D eigenvalue weighted by molar-refractivity contribution is 7.80. The molecular weight excluding hydrogens is 333 g/mol. The monoisotopic (exact) mass is 348 g/mol. The Bertz CT molecular complexity index is 565. The highest BCUT2D eigenvalue weighted by atomic mass is 32.1. The van der Waals surface area contributed by atoms with Crippen LogP contribution in [0.25, 0.3) is 0 Å². The molecule has 0 aliphatic carbocycles. The van der Waals surface area contributed by atoms with E-state index in [-0.39, 0.29) is 11.8 Å². The minimum atomic E-state index is -4.71. The number of benzene rings is 1. The summed E-state index contributed by atoms with van der Waals surface area (Å²) in [6.07, 6.45) is -4.71. The molecule has 0 radical (unpaired) electrons. The predicted molar refractivity (Wildman–Crippen MR) is 82.3 cm³/mol. The summed E-state index contributed by atoms with van der Waals surface area (Å²) in [6.45, 7) is 2.26. The highest BCUT2D eigenvalue weighted by Gasteiger charge is 2.30. The van der Waals surface area contributed by atoms with Gasteiger partial charge in [-0.1, -0.05) is 0 Å². The van der Waals surface area contributed by atoms with Crippen molar-refractivity contribution in [2.75, 3.05) is 31.5 Å². The fraction of sp³-hybridized carbons (Fsp3) is 0.385. The first-order valence-electron chi connectivity index (χ1n) is 6.77.